The SMILES string of the molecule is COc1cc2c(cc1OC)[C@H](CNC(=O)C1CCCC1)N(C(=O)NC(C)C)CC2. The van der Waals surface area contributed by atoms with Gasteiger partial charge in [-0.25, -0.2) is 4.79 Å². The molecule has 1 aliphatic carbocycles. The molecule has 7 heteroatoms. The van der Waals surface area contributed by atoms with Gasteiger partial charge in [-0.3, -0.25) is 4.79 Å². The molecule has 1 atom stereocenters. The second-order valence-corrected chi connectivity index (χ2v) is 8.20. The molecule has 1 aromatic carbocycles. The first kappa shape index (κ1) is 21.3. The predicted octanol–water partition coefficient (Wildman–Crippen LogP) is 3.03. The summed E-state index contributed by atoms with van der Waals surface area (Å²) in [6.45, 7) is 4.87. The van der Waals surface area contributed by atoms with Crippen molar-refractivity contribution in [3.8, 4) is 11.5 Å². The molecule has 2 N–H and O–H groups in total. The van der Waals surface area contributed by atoms with Crippen molar-refractivity contribution in [3.05, 3.63) is 23.3 Å². The van der Waals surface area contributed by atoms with Crippen molar-refractivity contribution in [2.45, 2.75) is 58.0 Å². The minimum absolute atomic E-state index is 0.0445. The number of hydrogen-bond donors (Lipinski definition) is 2. The fourth-order valence-electron chi connectivity index (χ4n) is 4.35. The van der Waals surface area contributed by atoms with Crippen molar-refractivity contribution in [2.24, 2.45) is 5.92 Å². The smallest absolute Gasteiger partial charge is 0.318 e. The first-order valence-corrected chi connectivity index (χ1v) is 10.5. The Balaban J connectivity index is 1.87. The van der Waals surface area contributed by atoms with E-state index in [1.165, 1.54) is 0 Å². The molecule has 1 fully saturated rings. The number of rotatable bonds is 6. The fraction of sp³-hybridized carbons (Fsp3) is 0.636. The Labute approximate surface area is 173 Å². The molecule has 3 amide bonds. The van der Waals surface area contributed by atoms with Gasteiger partial charge in [-0.15, -0.1) is 0 Å². The Morgan fingerprint density at radius 1 is 1.14 bits per heavy atom. The van der Waals surface area contributed by atoms with Crippen molar-refractivity contribution in [1.82, 2.24) is 15.5 Å². The summed E-state index contributed by atoms with van der Waals surface area (Å²) in [4.78, 5) is 27.3. The van der Waals surface area contributed by atoms with Crippen molar-refractivity contribution in [2.75, 3.05) is 27.3 Å². The van der Waals surface area contributed by atoms with E-state index in [0.717, 1.165) is 43.2 Å². The number of hydrogen-bond acceptors (Lipinski definition) is 4. The van der Waals surface area contributed by atoms with Crippen molar-refractivity contribution in [1.29, 1.82) is 0 Å². The lowest BCUT2D eigenvalue weighted by Crippen LogP contribution is -2.50. The number of methoxy groups -OCH3 is 2. The minimum Gasteiger partial charge on any atom is -0.493 e. The van der Waals surface area contributed by atoms with Crippen LogP contribution in [0, 0.1) is 5.92 Å². The molecule has 0 radical (unpaired) electrons. The highest BCUT2D eigenvalue weighted by Gasteiger charge is 2.33. The lowest BCUT2D eigenvalue weighted by atomic mass is 9.91. The van der Waals surface area contributed by atoms with Gasteiger partial charge in [-0.2, -0.15) is 0 Å². The molecule has 0 saturated heterocycles. The zero-order valence-electron chi connectivity index (χ0n) is 17.9. The largest absolute Gasteiger partial charge is 0.493 e. The molecule has 1 saturated carbocycles. The summed E-state index contributed by atoms with van der Waals surface area (Å²) in [6.07, 6.45) is 4.87. The molecule has 2 aliphatic rings. The van der Waals surface area contributed by atoms with Gasteiger partial charge in [0.05, 0.1) is 20.3 Å². The summed E-state index contributed by atoms with van der Waals surface area (Å²) < 4.78 is 10.9. The summed E-state index contributed by atoms with van der Waals surface area (Å²) in [7, 11) is 3.22. The van der Waals surface area contributed by atoms with Crippen LogP contribution < -0.4 is 20.1 Å². The summed E-state index contributed by atoms with van der Waals surface area (Å²) in [5.41, 5.74) is 2.12. The molecule has 29 heavy (non-hydrogen) atoms. The van der Waals surface area contributed by atoms with Crippen LogP contribution in [0.15, 0.2) is 12.1 Å². The molecular weight excluding hydrogens is 370 g/mol. The Bertz CT molecular complexity index is 744. The van der Waals surface area contributed by atoms with E-state index >= 15 is 0 Å². The molecule has 3 rings (SSSR count). The van der Waals surface area contributed by atoms with E-state index < -0.39 is 0 Å². The van der Waals surface area contributed by atoms with E-state index in [2.05, 4.69) is 10.6 Å². The van der Waals surface area contributed by atoms with Crippen LogP contribution in [0.5, 0.6) is 11.5 Å². The van der Waals surface area contributed by atoms with Crippen LogP contribution in [0.2, 0.25) is 0 Å². The number of fused-ring (bicyclic) bond motifs is 1. The van der Waals surface area contributed by atoms with Gasteiger partial charge in [-0.05, 0) is 56.4 Å². The van der Waals surface area contributed by atoms with Crippen LogP contribution in [-0.2, 0) is 11.2 Å². The average Bonchev–Trinajstić information content (AvgIpc) is 3.24. The van der Waals surface area contributed by atoms with Crippen molar-refractivity contribution < 1.29 is 19.1 Å². The van der Waals surface area contributed by atoms with E-state index in [-0.39, 0.29) is 29.9 Å². The van der Waals surface area contributed by atoms with Crippen molar-refractivity contribution in [3.63, 3.8) is 0 Å². The number of carbonyl (C=O) groups is 2. The summed E-state index contributed by atoms with van der Waals surface area (Å²) in [6, 6.07) is 3.61. The third-order valence-corrected chi connectivity index (χ3v) is 5.87. The molecule has 0 bridgehead atoms. The highest BCUT2D eigenvalue weighted by atomic mass is 16.5. The third kappa shape index (κ3) is 4.77. The van der Waals surface area contributed by atoms with Gasteiger partial charge in [0, 0.05) is 25.0 Å². The van der Waals surface area contributed by atoms with Gasteiger partial charge in [0.15, 0.2) is 11.5 Å². The lowest BCUT2D eigenvalue weighted by Gasteiger charge is -2.38. The molecule has 1 aromatic rings. The third-order valence-electron chi connectivity index (χ3n) is 5.87. The molecular formula is C22H33N3O4. The molecule has 0 unspecified atom stereocenters. The number of carbonyl (C=O) groups excluding carboxylic acids is 2. The van der Waals surface area contributed by atoms with E-state index in [1.807, 2.05) is 30.9 Å². The Morgan fingerprint density at radius 2 is 1.79 bits per heavy atom. The molecule has 7 nitrogen and oxygen atoms in total. The second kappa shape index (κ2) is 9.37. The maximum atomic E-state index is 12.9. The molecule has 160 valence electrons. The van der Waals surface area contributed by atoms with Crippen LogP contribution in [0.25, 0.3) is 0 Å². The van der Waals surface area contributed by atoms with Crippen LogP contribution in [0.1, 0.15) is 56.7 Å². The molecule has 1 heterocycles. The maximum absolute atomic E-state index is 12.9. The number of amides is 3. The highest BCUT2D eigenvalue weighted by Crippen LogP contribution is 2.38. The van der Waals surface area contributed by atoms with Gasteiger partial charge in [0.25, 0.3) is 0 Å². The zero-order valence-corrected chi connectivity index (χ0v) is 17.9. The van der Waals surface area contributed by atoms with E-state index in [1.54, 1.807) is 14.2 Å². The van der Waals surface area contributed by atoms with Gasteiger partial charge < -0.3 is 25.0 Å². The minimum atomic E-state index is -0.248. The van der Waals surface area contributed by atoms with Gasteiger partial charge in [0.2, 0.25) is 5.91 Å². The highest BCUT2D eigenvalue weighted by molar-refractivity contribution is 5.79. The Kier molecular flexibility index (Phi) is 6.87. The van der Waals surface area contributed by atoms with Crippen molar-refractivity contribution >= 4 is 11.9 Å². The summed E-state index contributed by atoms with van der Waals surface area (Å²) in [5, 5.41) is 6.09. The average molecular weight is 404 g/mol. The first-order valence-electron chi connectivity index (χ1n) is 10.5. The lowest BCUT2D eigenvalue weighted by molar-refractivity contribution is -0.125. The molecule has 0 spiro atoms. The van der Waals surface area contributed by atoms with E-state index in [0.29, 0.717) is 24.6 Å². The maximum Gasteiger partial charge on any atom is 0.318 e. The van der Waals surface area contributed by atoms with Crippen LogP contribution in [0.4, 0.5) is 4.79 Å². The Hall–Kier alpha value is -2.44. The first-order chi connectivity index (χ1) is 13.9. The summed E-state index contributed by atoms with van der Waals surface area (Å²) in [5.74, 6) is 1.50. The van der Waals surface area contributed by atoms with Crippen LogP contribution in [-0.4, -0.2) is 50.2 Å². The number of ether oxygens (including phenoxy) is 2. The number of nitrogens with one attached hydrogen (secondary N) is 2. The second-order valence-electron chi connectivity index (χ2n) is 8.20. The molecule has 1 aliphatic heterocycles. The quantitative estimate of drug-likeness (QED) is 0.765. The van der Waals surface area contributed by atoms with E-state index in [4.69, 9.17) is 9.47 Å². The normalized spacial score (nSPS) is 19.1. The monoisotopic (exact) mass is 403 g/mol. The predicted molar refractivity (Wildman–Crippen MR) is 111 cm³/mol. The number of nitrogens with zero attached hydrogens (tertiary/aromatic N) is 1. The number of urea groups is 1. The van der Waals surface area contributed by atoms with Crippen LogP contribution in [0.3, 0.4) is 0 Å². The summed E-state index contributed by atoms with van der Waals surface area (Å²) >= 11 is 0. The van der Waals surface area contributed by atoms with Gasteiger partial charge in [0.1, 0.15) is 0 Å². The fourth-order valence-corrected chi connectivity index (χ4v) is 4.35. The number of benzene rings is 1. The standard InChI is InChI=1S/C22H33N3O4/c1-14(2)24-22(27)25-10-9-16-11-19(28-3)20(29-4)12-17(16)18(25)13-23-21(26)15-7-5-6-8-15/h11-12,14-15,18H,5-10,13H2,1-4H3,(H,23,26)(H,24,27)/t18-/m0/s1. The topological polar surface area (TPSA) is 79.9 Å². The zero-order chi connectivity index (χ0) is 21.0. The van der Waals surface area contributed by atoms with Gasteiger partial charge >= 0.3 is 6.03 Å². The Morgan fingerprint density at radius 3 is 2.41 bits per heavy atom. The van der Waals surface area contributed by atoms with Gasteiger partial charge in [-0.1, -0.05) is 12.8 Å². The van der Waals surface area contributed by atoms with E-state index in [9.17, 15) is 9.59 Å². The molecule has 0 aromatic heterocycles. The van der Waals surface area contributed by atoms with Crippen LogP contribution >= 0.6 is 0 Å².